The predicted molar refractivity (Wildman–Crippen MR) is 101 cm³/mol. The van der Waals surface area contributed by atoms with Gasteiger partial charge in [0.15, 0.2) is 6.61 Å². The Kier molecular flexibility index (Phi) is 6.19. The summed E-state index contributed by atoms with van der Waals surface area (Å²) in [7, 11) is -0.768. The number of sulfonamides is 1. The van der Waals surface area contributed by atoms with Gasteiger partial charge < -0.3 is 15.8 Å². The number of nitrogens with one attached hydrogen (secondary N) is 1. The molecule has 0 unspecified atom stereocenters. The van der Waals surface area contributed by atoms with Gasteiger partial charge in [0.1, 0.15) is 5.75 Å². The molecule has 0 heterocycles. The number of nitrogens with two attached hydrogens (primary N) is 1. The molecule has 0 spiro atoms. The van der Waals surface area contributed by atoms with Crippen molar-refractivity contribution in [2.75, 3.05) is 26.0 Å². The van der Waals surface area contributed by atoms with Gasteiger partial charge in [-0.2, -0.15) is 0 Å². The number of anilines is 1. The van der Waals surface area contributed by atoms with Crippen LogP contribution in [0, 0.1) is 6.92 Å². The molecular formula is C18H21N3O5S. The van der Waals surface area contributed by atoms with Gasteiger partial charge in [0.2, 0.25) is 10.0 Å². The molecule has 144 valence electrons. The Bertz CT molecular complexity index is 971. The fraction of sp³-hybridized carbons (Fsp3) is 0.222. The molecule has 27 heavy (non-hydrogen) atoms. The van der Waals surface area contributed by atoms with E-state index in [4.69, 9.17) is 10.5 Å². The summed E-state index contributed by atoms with van der Waals surface area (Å²) < 4.78 is 31.1. The molecule has 0 aliphatic heterocycles. The van der Waals surface area contributed by atoms with E-state index in [9.17, 15) is 18.0 Å². The number of carbonyl (C=O) groups excluding carboxylic acids is 2. The lowest BCUT2D eigenvalue weighted by molar-refractivity contribution is -0.118. The highest BCUT2D eigenvalue weighted by Crippen LogP contribution is 2.22. The summed E-state index contributed by atoms with van der Waals surface area (Å²) in [6.07, 6.45) is 0. The van der Waals surface area contributed by atoms with Crippen molar-refractivity contribution in [3.63, 3.8) is 0 Å². The molecule has 0 radical (unpaired) electrons. The molecule has 0 aromatic heterocycles. The fourth-order valence-electron chi connectivity index (χ4n) is 2.29. The Morgan fingerprint density at radius 3 is 2.44 bits per heavy atom. The van der Waals surface area contributed by atoms with E-state index in [1.807, 2.05) is 0 Å². The van der Waals surface area contributed by atoms with Gasteiger partial charge in [0.05, 0.1) is 10.5 Å². The molecule has 0 saturated carbocycles. The zero-order chi connectivity index (χ0) is 20.2. The van der Waals surface area contributed by atoms with Crippen LogP contribution in [0.1, 0.15) is 15.9 Å². The maximum Gasteiger partial charge on any atom is 0.262 e. The van der Waals surface area contributed by atoms with Crippen molar-refractivity contribution in [2.45, 2.75) is 11.8 Å². The monoisotopic (exact) mass is 391 g/mol. The number of ether oxygens (including phenoxy) is 1. The lowest BCUT2D eigenvalue weighted by Gasteiger charge is -2.15. The van der Waals surface area contributed by atoms with Gasteiger partial charge in [-0.1, -0.05) is 18.2 Å². The van der Waals surface area contributed by atoms with Gasteiger partial charge in [-0.3, -0.25) is 9.59 Å². The minimum atomic E-state index is -3.64. The molecule has 0 saturated heterocycles. The van der Waals surface area contributed by atoms with Crippen LogP contribution < -0.4 is 15.8 Å². The van der Waals surface area contributed by atoms with E-state index in [0.29, 0.717) is 11.3 Å². The molecule has 8 nitrogen and oxygen atoms in total. The Morgan fingerprint density at radius 1 is 1.15 bits per heavy atom. The van der Waals surface area contributed by atoms with E-state index in [1.54, 1.807) is 31.2 Å². The lowest BCUT2D eigenvalue weighted by atomic mass is 10.2. The topological polar surface area (TPSA) is 119 Å². The average molecular weight is 391 g/mol. The number of hydrogen-bond acceptors (Lipinski definition) is 5. The van der Waals surface area contributed by atoms with Crippen molar-refractivity contribution >= 4 is 27.5 Å². The Morgan fingerprint density at radius 2 is 1.81 bits per heavy atom. The van der Waals surface area contributed by atoms with Crippen LogP contribution in [0.25, 0.3) is 0 Å². The summed E-state index contributed by atoms with van der Waals surface area (Å²) in [6.45, 7) is 1.31. The van der Waals surface area contributed by atoms with Gasteiger partial charge in [0, 0.05) is 19.8 Å². The third-order valence-electron chi connectivity index (χ3n) is 3.74. The van der Waals surface area contributed by atoms with Crippen molar-refractivity contribution in [3.05, 3.63) is 53.6 Å². The third kappa shape index (κ3) is 4.83. The van der Waals surface area contributed by atoms with Crippen LogP contribution in [0.2, 0.25) is 0 Å². The average Bonchev–Trinajstić information content (AvgIpc) is 2.61. The van der Waals surface area contributed by atoms with E-state index in [2.05, 4.69) is 5.32 Å². The van der Waals surface area contributed by atoms with Gasteiger partial charge in [-0.25, -0.2) is 12.7 Å². The Labute approximate surface area is 158 Å². The van der Waals surface area contributed by atoms with Gasteiger partial charge >= 0.3 is 0 Å². The zero-order valence-corrected chi connectivity index (χ0v) is 16.0. The standard InChI is InChI=1S/C18H21N3O5S/c1-12-8-9-13(10-16(12)27(24,25)21(2)3)20-17(22)11-26-15-7-5-4-6-14(15)18(19)23/h4-10H,11H2,1-3H3,(H2,19,23)(H,20,22). The maximum atomic E-state index is 12.3. The largest absolute Gasteiger partial charge is 0.483 e. The Hall–Kier alpha value is -2.91. The highest BCUT2D eigenvalue weighted by Gasteiger charge is 2.20. The number of carbonyl (C=O) groups is 2. The highest BCUT2D eigenvalue weighted by atomic mass is 32.2. The molecule has 0 aliphatic carbocycles. The van der Waals surface area contributed by atoms with Crippen molar-refractivity contribution in [1.29, 1.82) is 0 Å². The summed E-state index contributed by atoms with van der Waals surface area (Å²) in [5.41, 5.74) is 6.31. The second-order valence-electron chi connectivity index (χ2n) is 5.96. The number of benzene rings is 2. The van der Waals surface area contributed by atoms with E-state index in [1.165, 1.54) is 32.3 Å². The first kappa shape index (κ1) is 20.4. The number of amides is 2. The molecule has 2 rings (SSSR count). The molecule has 0 atom stereocenters. The minimum absolute atomic E-state index is 0.102. The van der Waals surface area contributed by atoms with E-state index in [0.717, 1.165) is 4.31 Å². The smallest absolute Gasteiger partial charge is 0.262 e. The number of nitrogens with zero attached hydrogens (tertiary/aromatic N) is 1. The van der Waals surface area contributed by atoms with Crippen molar-refractivity contribution in [1.82, 2.24) is 4.31 Å². The molecule has 0 aliphatic rings. The van der Waals surface area contributed by atoms with Crippen LogP contribution >= 0.6 is 0 Å². The molecule has 2 amide bonds. The first-order valence-electron chi connectivity index (χ1n) is 7.97. The first-order chi connectivity index (χ1) is 12.6. The molecule has 2 aromatic carbocycles. The van der Waals surface area contributed by atoms with Gasteiger partial charge in [-0.15, -0.1) is 0 Å². The summed E-state index contributed by atoms with van der Waals surface area (Å²) >= 11 is 0. The van der Waals surface area contributed by atoms with Crippen LogP contribution in [0.4, 0.5) is 5.69 Å². The molecule has 2 aromatic rings. The molecule has 9 heteroatoms. The molecule has 0 bridgehead atoms. The summed E-state index contributed by atoms with van der Waals surface area (Å²) in [6, 6.07) is 10.9. The summed E-state index contributed by atoms with van der Waals surface area (Å²) in [4.78, 5) is 23.6. The normalized spacial score (nSPS) is 11.3. The van der Waals surface area contributed by atoms with Crippen molar-refractivity contribution in [2.24, 2.45) is 5.73 Å². The maximum absolute atomic E-state index is 12.3. The number of aryl methyl sites for hydroxylation is 1. The second-order valence-corrected chi connectivity index (χ2v) is 8.09. The molecule has 0 fully saturated rings. The van der Waals surface area contributed by atoms with Crippen molar-refractivity contribution in [3.8, 4) is 5.75 Å². The van der Waals surface area contributed by atoms with Crippen molar-refractivity contribution < 1.29 is 22.7 Å². The van der Waals surface area contributed by atoms with Crippen LogP contribution in [0.5, 0.6) is 5.75 Å². The van der Waals surface area contributed by atoms with Crippen LogP contribution in [0.3, 0.4) is 0 Å². The predicted octanol–water partition coefficient (Wildman–Crippen LogP) is 1.36. The second kappa shape index (κ2) is 8.19. The number of hydrogen-bond donors (Lipinski definition) is 2. The fourth-order valence-corrected chi connectivity index (χ4v) is 3.43. The minimum Gasteiger partial charge on any atom is -0.483 e. The highest BCUT2D eigenvalue weighted by molar-refractivity contribution is 7.89. The van der Waals surface area contributed by atoms with Crippen LogP contribution in [-0.2, 0) is 14.8 Å². The molecular weight excluding hydrogens is 370 g/mol. The summed E-state index contributed by atoms with van der Waals surface area (Å²) in [5, 5.41) is 2.58. The van der Waals surface area contributed by atoms with E-state index < -0.39 is 21.8 Å². The third-order valence-corrected chi connectivity index (χ3v) is 5.70. The zero-order valence-electron chi connectivity index (χ0n) is 15.2. The quantitative estimate of drug-likeness (QED) is 0.739. The van der Waals surface area contributed by atoms with Crippen LogP contribution in [0.15, 0.2) is 47.4 Å². The van der Waals surface area contributed by atoms with E-state index >= 15 is 0 Å². The lowest BCUT2D eigenvalue weighted by Crippen LogP contribution is -2.24. The first-order valence-corrected chi connectivity index (χ1v) is 9.41. The SMILES string of the molecule is Cc1ccc(NC(=O)COc2ccccc2C(N)=O)cc1S(=O)(=O)N(C)C. The van der Waals surface area contributed by atoms with Gasteiger partial charge in [-0.05, 0) is 36.8 Å². The van der Waals surface area contributed by atoms with Gasteiger partial charge in [0.25, 0.3) is 11.8 Å². The Balaban J connectivity index is 2.12. The number of para-hydroxylation sites is 1. The summed E-state index contributed by atoms with van der Waals surface area (Å²) in [5.74, 6) is -0.977. The number of primary amides is 1. The number of rotatable bonds is 7. The van der Waals surface area contributed by atoms with E-state index in [-0.39, 0.29) is 22.8 Å². The molecule has 3 N–H and O–H groups in total. The van der Waals surface area contributed by atoms with Crippen LogP contribution in [-0.4, -0.2) is 45.2 Å².